The molecule has 3 aromatic heterocycles. The van der Waals surface area contributed by atoms with E-state index in [1.807, 2.05) is 37.0 Å². The topological polar surface area (TPSA) is 117 Å². The molecule has 33 heavy (non-hydrogen) atoms. The molecule has 174 valence electrons. The summed E-state index contributed by atoms with van der Waals surface area (Å²) in [6.07, 6.45) is 5.33. The SMILES string of the molecule is CCOC(=O)c1nc(Sc2ccnn2C)c(C)nc1N1CCC2(CC1)Cn1nccc1[C@@H]2N. The van der Waals surface area contributed by atoms with Crippen molar-refractivity contribution in [2.45, 2.75) is 49.3 Å². The molecule has 5 rings (SSSR count). The van der Waals surface area contributed by atoms with Crippen LogP contribution in [0.3, 0.4) is 0 Å². The lowest BCUT2D eigenvalue weighted by Gasteiger charge is -2.42. The average molecular weight is 469 g/mol. The molecule has 3 aromatic rings. The fraction of sp³-hybridized carbons (Fsp3) is 0.500. The second-order valence-corrected chi connectivity index (χ2v) is 9.65. The van der Waals surface area contributed by atoms with Crippen LogP contribution in [0.5, 0.6) is 0 Å². The van der Waals surface area contributed by atoms with Gasteiger partial charge in [-0.05, 0) is 50.6 Å². The van der Waals surface area contributed by atoms with Crippen LogP contribution in [0, 0.1) is 12.3 Å². The second kappa shape index (κ2) is 8.45. The monoisotopic (exact) mass is 468 g/mol. The number of aromatic nitrogens is 6. The van der Waals surface area contributed by atoms with E-state index in [9.17, 15) is 4.79 Å². The molecular formula is C22H28N8O2S. The molecule has 5 heterocycles. The predicted molar refractivity (Wildman–Crippen MR) is 123 cm³/mol. The van der Waals surface area contributed by atoms with Crippen molar-refractivity contribution in [1.29, 1.82) is 0 Å². The second-order valence-electron chi connectivity index (χ2n) is 8.64. The average Bonchev–Trinajstić information content (AvgIpc) is 3.49. The van der Waals surface area contributed by atoms with Crippen molar-refractivity contribution in [1.82, 2.24) is 29.5 Å². The largest absolute Gasteiger partial charge is 0.461 e. The summed E-state index contributed by atoms with van der Waals surface area (Å²) in [7, 11) is 1.87. The Morgan fingerprint density at radius 1 is 1.24 bits per heavy atom. The summed E-state index contributed by atoms with van der Waals surface area (Å²) in [4.78, 5) is 24.5. The summed E-state index contributed by atoms with van der Waals surface area (Å²) >= 11 is 1.44. The summed E-state index contributed by atoms with van der Waals surface area (Å²) in [5.74, 6) is 0.129. The van der Waals surface area contributed by atoms with E-state index in [2.05, 4.69) is 15.1 Å². The molecule has 0 saturated carbocycles. The zero-order chi connectivity index (χ0) is 23.2. The van der Waals surface area contributed by atoms with Gasteiger partial charge in [-0.25, -0.2) is 14.8 Å². The number of rotatable bonds is 5. The van der Waals surface area contributed by atoms with Crippen molar-refractivity contribution in [3.05, 3.63) is 41.6 Å². The molecule has 0 unspecified atom stereocenters. The minimum absolute atomic E-state index is 0.0119. The Morgan fingerprint density at radius 3 is 2.67 bits per heavy atom. The third kappa shape index (κ3) is 3.78. The Bertz CT molecular complexity index is 1180. The van der Waals surface area contributed by atoms with Gasteiger partial charge in [0.05, 0.1) is 35.3 Å². The van der Waals surface area contributed by atoms with E-state index in [0.29, 0.717) is 10.8 Å². The van der Waals surface area contributed by atoms with Crippen LogP contribution in [0.25, 0.3) is 0 Å². The van der Waals surface area contributed by atoms with Crippen molar-refractivity contribution in [3.8, 4) is 0 Å². The van der Waals surface area contributed by atoms with Crippen molar-refractivity contribution in [2.75, 3.05) is 24.6 Å². The van der Waals surface area contributed by atoms with Gasteiger partial charge in [0.1, 0.15) is 5.03 Å². The Hall–Kier alpha value is -2.92. The maximum atomic E-state index is 12.8. The van der Waals surface area contributed by atoms with E-state index in [0.717, 1.165) is 48.9 Å². The molecule has 0 amide bonds. The van der Waals surface area contributed by atoms with Crippen LogP contribution in [0.2, 0.25) is 0 Å². The summed E-state index contributed by atoms with van der Waals surface area (Å²) in [6.45, 7) is 6.31. The first kappa shape index (κ1) is 21.9. The number of esters is 1. The quantitative estimate of drug-likeness (QED) is 0.563. The summed E-state index contributed by atoms with van der Waals surface area (Å²) < 4.78 is 9.12. The Kier molecular flexibility index (Phi) is 5.61. The molecule has 2 aliphatic rings. The van der Waals surface area contributed by atoms with Gasteiger partial charge in [-0.3, -0.25) is 9.36 Å². The first-order valence-corrected chi connectivity index (χ1v) is 12.0. The minimum atomic E-state index is -0.454. The normalized spacial score (nSPS) is 19.2. The number of nitrogens with two attached hydrogens (primary N) is 1. The number of hydrogen-bond acceptors (Lipinski definition) is 9. The highest BCUT2D eigenvalue weighted by Gasteiger charge is 2.47. The Balaban J connectivity index is 1.41. The van der Waals surface area contributed by atoms with Crippen molar-refractivity contribution < 1.29 is 9.53 Å². The van der Waals surface area contributed by atoms with Crippen molar-refractivity contribution in [3.63, 3.8) is 0 Å². The predicted octanol–water partition coefficient (Wildman–Crippen LogP) is 2.34. The fourth-order valence-electron chi connectivity index (χ4n) is 4.79. The number of ether oxygens (including phenoxy) is 1. The summed E-state index contributed by atoms with van der Waals surface area (Å²) in [6, 6.07) is 3.89. The van der Waals surface area contributed by atoms with Gasteiger partial charge in [0.15, 0.2) is 11.5 Å². The van der Waals surface area contributed by atoms with Crippen LogP contribution in [0.4, 0.5) is 5.82 Å². The Morgan fingerprint density at radius 2 is 2.00 bits per heavy atom. The van der Waals surface area contributed by atoms with Crippen LogP contribution in [-0.4, -0.2) is 55.2 Å². The molecule has 0 aliphatic carbocycles. The fourth-order valence-corrected chi connectivity index (χ4v) is 5.63. The first-order chi connectivity index (χ1) is 15.9. The molecule has 1 spiro atoms. The highest BCUT2D eigenvalue weighted by molar-refractivity contribution is 7.99. The van der Waals surface area contributed by atoms with Crippen LogP contribution in [-0.2, 0) is 18.3 Å². The van der Waals surface area contributed by atoms with Gasteiger partial charge in [-0.15, -0.1) is 0 Å². The number of hydrogen-bond donors (Lipinski definition) is 1. The number of fused-ring (bicyclic) bond motifs is 1. The van der Waals surface area contributed by atoms with Crippen LogP contribution in [0.15, 0.2) is 34.6 Å². The maximum Gasteiger partial charge on any atom is 0.360 e. The zero-order valence-electron chi connectivity index (χ0n) is 19.1. The summed E-state index contributed by atoms with van der Waals surface area (Å²) in [5, 5.41) is 10.2. The smallest absolute Gasteiger partial charge is 0.360 e. The number of anilines is 1. The van der Waals surface area contributed by atoms with E-state index in [-0.39, 0.29) is 23.8 Å². The van der Waals surface area contributed by atoms with Crippen LogP contribution >= 0.6 is 11.8 Å². The number of carbonyl (C=O) groups excluding carboxylic acids is 1. The van der Waals surface area contributed by atoms with Gasteiger partial charge >= 0.3 is 5.97 Å². The van der Waals surface area contributed by atoms with E-state index >= 15 is 0 Å². The number of piperidine rings is 1. The Labute approximate surface area is 196 Å². The third-order valence-electron chi connectivity index (χ3n) is 6.71. The van der Waals surface area contributed by atoms with Crippen LogP contribution in [0.1, 0.15) is 47.7 Å². The molecule has 11 heteroatoms. The molecule has 0 aromatic carbocycles. The zero-order valence-corrected chi connectivity index (χ0v) is 19.9. The van der Waals surface area contributed by atoms with Crippen LogP contribution < -0.4 is 10.6 Å². The van der Waals surface area contributed by atoms with Crippen molar-refractivity contribution in [2.24, 2.45) is 18.2 Å². The van der Waals surface area contributed by atoms with Gasteiger partial charge in [0, 0.05) is 38.3 Å². The van der Waals surface area contributed by atoms with E-state index in [1.54, 1.807) is 17.8 Å². The van der Waals surface area contributed by atoms with Gasteiger partial charge < -0.3 is 15.4 Å². The molecule has 2 aliphatic heterocycles. The molecule has 2 N–H and O–H groups in total. The highest BCUT2D eigenvalue weighted by Crippen LogP contribution is 2.48. The molecule has 0 bridgehead atoms. The maximum absolute atomic E-state index is 12.8. The number of aryl methyl sites for hydroxylation is 2. The van der Waals surface area contributed by atoms with E-state index in [4.69, 9.17) is 20.4 Å². The minimum Gasteiger partial charge on any atom is -0.461 e. The van der Waals surface area contributed by atoms with Gasteiger partial charge in [-0.1, -0.05) is 0 Å². The standard InChI is InChI=1S/C22H28N8O2S/c1-4-32-21(31)17-19(26-14(2)20(27-17)33-16-6-10-24-28(16)3)29-11-7-22(8-12-29)13-30-15(18(22)23)5-9-25-30/h5-6,9-10,18H,4,7-8,11-13,23H2,1-3H3/t18-/m0/s1. The van der Waals surface area contributed by atoms with Gasteiger partial charge in [-0.2, -0.15) is 10.2 Å². The number of carbonyl (C=O) groups is 1. The third-order valence-corrected chi connectivity index (χ3v) is 7.89. The van der Waals surface area contributed by atoms with E-state index in [1.165, 1.54) is 11.8 Å². The molecule has 1 saturated heterocycles. The molecular weight excluding hydrogens is 440 g/mol. The molecule has 1 fully saturated rings. The molecule has 0 radical (unpaired) electrons. The lowest BCUT2D eigenvalue weighted by molar-refractivity contribution is 0.0518. The lowest BCUT2D eigenvalue weighted by Crippen LogP contribution is -2.45. The lowest BCUT2D eigenvalue weighted by atomic mass is 9.73. The van der Waals surface area contributed by atoms with Gasteiger partial charge in [0.2, 0.25) is 0 Å². The first-order valence-electron chi connectivity index (χ1n) is 11.2. The van der Waals surface area contributed by atoms with Crippen molar-refractivity contribution >= 4 is 23.5 Å². The number of nitrogens with zero attached hydrogens (tertiary/aromatic N) is 7. The summed E-state index contributed by atoms with van der Waals surface area (Å²) in [5.41, 5.74) is 8.74. The highest BCUT2D eigenvalue weighted by atomic mass is 32.2. The molecule has 1 atom stereocenters. The van der Waals surface area contributed by atoms with E-state index < -0.39 is 5.97 Å². The van der Waals surface area contributed by atoms with Gasteiger partial charge in [0.25, 0.3) is 0 Å². The molecule has 10 nitrogen and oxygen atoms in total.